The van der Waals surface area contributed by atoms with E-state index in [1.54, 1.807) is 72.9 Å². The number of carbonyl (C=O) groups excluding carboxylic acids is 5. The van der Waals surface area contributed by atoms with Crippen molar-refractivity contribution in [3.8, 4) is 22.8 Å². The van der Waals surface area contributed by atoms with Crippen LogP contribution in [0.1, 0.15) is 61.3 Å². The molecular weight excluding hydrogens is 841 g/mol. The van der Waals surface area contributed by atoms with Gasteiger partial charge in [-0.3, -0.25) is 19.2 Å². The molecule has 5 amide bonds. The molecule has 0 spiro atoms. The normalized spacial score (nSPS) is 20.4. The van der Waals surface area contributed by atoms with Gasteiger partial charge in [-0.05, 0) is 44.7 Å². The number of nitrogens with one attached hydrogen (secondary N) is 4. The predicted molar refractivity (Wildman–Crippen MR) is 230 cm³/mol. The minimum Gasteiger partial charge on any atom is -0.497 e. The fraction of sp³-hybridized carbons (Fsp3) is 0.429. The third-order valence-electron chi connectivity index (χ3n) is 10.2. The summed E-state index contributed by atoms with van der Waals surface area (Å²) in [7, 11) is -3.06. The molecule has 5 atom stereocenters. The summed E-state index contributed by atoms with van der Waals surface area (Å²) in [4.78, 5) is 74.0. The fourth-order valence-corrected chi connectivity index (χ4v) is 9.05. The topological polar surface area (TPSA) is 237 Å². The molecule has 1 saturated carbocycles. The van der Waals surface area contributed by atoms with Crippen LogP contribution in [0, 0.1) is 11.3 Å². The molecule has 0 unspecified atom stereocenters. The van der Waals surface area contributed by atoms with E-state index in [9.17, 15) is 32.4 Å². The van der Waals surface area contributed by atoms with Gasteiger partial charge in [0.15, 0.2) is 0 Å². The van der Waals surface area contributed by atoms with Gasteiger partial charge in [0.1, 0.15) is 40.8 Å². The molecule has 2 fully saturated rings. The van der Waals surface area contributed by atoms with E-state index in [0.29, 0.717) is 39.4 Å². The number of sulfonamides is 1. The summed E-state index contributed by atoms with van der Waals surface area (Å²) in [5.41, 5.74) is -1.55. The Morgan fingerprint density at radius 1 is 1.02 bits per heavy atom. The molecule has 0 bridgehead atoms. The first-order valence-electron chi connectivity index (χ1n) is 19.7. The van der Waals surface area contributed by atoms with Gasteiger partial charge in [0.05, 0.1) is 24.9 Å². The Morgan fingerprint density at radius 2 is 1.73 bits per heavy atom. The van der Waals surface area contributed by atoms with E-state index < -0.39 is 84.7 Å². The Balaban J connectivity index is 1.34. The number of carbonyl (C=O) groups is 5. The summed E-state index contributed by atoms with van der Waals surface area (Å²) in [6, 6.07) is 14.1. The van der Waals surface area contributed by atoms with E-state index in [4.69, 9.17) is 19.2 Å². The highest BCUT2D eigenvalue weighted by molar-refractivity contribution is 7.92. The van der Waals surface area contributed by atoms with E-state index >= 15 is 0 Å². The summed E-state index contributed by atoms with van der Waals surface area (Å²) in [5.74, 6) is -2.66. The Kier molecular flexibility index (Phi) is 12.7. The number of amides is 5. The fourth-order valence-electron chi connectivity index (χ4n) is 7.07. The van der Waals surface area contributed by atoms with Gasteiger partial charge in [0.25, 0.3) is 20.3 Å². The Labute approximate surface area is 363 Å². The Bertz CT molecular complexity index is 2520. The molecule has 62 heavy (non-hydrogen) atoms. The van der Waals surface area contributed by atoms with Crippen molar-refractivity contribution >= 4 is 67.1 Å². The molecule has 2 aromatic carbocycles. The Hall–Kier alpha value is -6.15. The van der Waals surface area contributed by atoms with Gasteiger partial charge in [-0.15, -0.1) is 16.8 Å². The van der Waals surface area contributed by atoms with Gasteiger partial charge >= 0.3 is 6.09 Å². The number of anilines is 1. The summed E-state index contributed by atoms with van der Waals surface area (Å²) < 4.78 is 45.7. The number of pyridine rings is 1. The van der Waals surface area contributed by atoms with Crippen LogP contribution in [0.2, 0.25) is 0 Å². The molecule has 20 heteroatoms. The highest BCUT2D eigenvalue weighted by Crippen LogP contribution is 2.45. The molecule has 2 aromatic heterocycles. The Morgan fingerprint density at radius 3 is 2.34 bits per heavy atom. The van der Waals surface area contributed by atoms with Crippen molar-refractivity contribution in [2.45, 2.75) is 95.0 Å². The van der Waals surface area contributed by atoms with E-state index in [-0.39, 0.29) is 24.5 Å². The second kappa shape index (κ2) is 17.3. The summed E-state index contributed by atoms with van der Waals surface area (Å²) in [6.07, 6.45) is -0.286. The third kappa shape index (κ3) is 10.1. The SMILES string of the molecule is C=C[C@@H]1C[C@]1(NC(=O)[C@@H]1C[C@@H](Oc2cc(-c3ccccc3)nc3cc(OC)ccc23)CN1C(=O)[C@@H](NC(=O)OC(C)(C)C)C(C)(C)C)C(=O)NS(=O)(=O)c1nnc(NC(C)=O)s1. The number of nitrogens with zero attached hydrogens (tertiary/aromatic N) is 4. The van der Waals surface area contributed by atoms with Crippen LogP contribution < -0.4 is 30.1 Å². The lowest BCUT2D eigenvalue weighted by Crippen LogP contribution is -2.60. The van der Waals surface area contributed by atoms with Crippen molar-refractivity contribution in [3.05, 3.63) is 67.3 Å². The number of rotatable bonds is 13. The highest BCUT2D eigenvalue weighted by atomic mass is 32.2. The van der Waals surface area contributed by atoms with Crippen LogP contribution in [0.3, 0.4) is 0 Å². The molecular formula is C42H50N8O10S2. The number of ether oxygens (including phenoxy) is 3. The summed E-state index contributed by atoms with van der Waals surface area (Å²) >= 11 is 0.528. The van der Waals surface area contributed by atoms with Crippen molar-refractivity contribution in [2.75, 3.05) is 19.0 Å². The van der Waals surface area contributed by atoms with E-state index in [1.807, 2.05) is 35.1 Å². The first kappa shape index (κ1) is 45.4. The number of fused-ring (bicyclic) bond motifs is 1. The zero-order valence-electron chi connectivity index (χ0n) is 35.6. The lowest BCUT2D eigenvalue weighted by molar-refractivity contribution is -0.143. The molecule has 18 nitrogen and oxygen atoms in total. The van der Waals surface area contributed by atoms with Crippen LogP contribution in [0.15, 0.2) is 71.6 Å². The van der Waals surface area contributed by atoms with Crippen LogP contribution in [-0.2, 0) is 33.9 Å². The summed E-state index contributed by atoms with van der Waals surface area (Å²) in [5, 5.41) is 15.6. The molecule has 0 radical (unpaired) electrons. The molecule has 3 heterocycles. The van der Waals surface area contributed by atoms with Crippen LogP contribution in [0.4, 0.5) is 9.93 Å². The molecule has 2 aliphatic rings. The second-order valence-corrected chi connectivity index (χ2v) is 20.0. The lowest BCUT2D eigenvalue weighted by Gasteiger charge is -2.36. The molecule has 1 aliphatic carbocycles. The van der Waals surface area contributed by atoms with Gasteiger partial charge in [0.2, 0.25) is 22.9 Å². The van der Waals surface area contributed by atoms with Gasteiger partial charge in [-0.1, -0.05) is 68.5 Å². The molecule has 1 saturated heterocycles. The molecule has 330 valence electrons. The maximum Gasteiger partial charge on any atom is 0.408 e. The minimum absolute atomic E-state index is 0.00298. The number of aromatic nitrogens is 3. The van der Waals surface area contributed by atoms with Crippen LogP contribution in [0.25, 0.3) is 22.2 Å². The van der Waals surface area contributed by atoms with Crippen molar-refractivity contribution in [2.24, 2.45) is 11.3 Å². The third-order valence-corrected chi connectivity index (χ3v) is 12.7. The van der Waals surface area contributed by atoms with Crippen molar-refractivity contribution in [1.82, 2.24) is 35.4 Å². The standard InChI is InChI=1S/C42H50N8O10S2/c1-10-25-21-42(25,36(54)49-62(56,57)39-48-47-37(61-39)43-23(2)51)46-34(52)31-19-27(22-50(31)35(53)33(40(3,4)5)45-38(55)60-41(6,7)8)59-32-20-29(24-14-12-11-13-15-24)44-30-18-26(58-9)16-17-28(30)32/h10-18,20,25,27,31,33H,1,19,21-22H2,2-9H3,(H,45,55)(H,46,52)(H,49,54)(H,43,47,51)/t25-,27-,31+,33-,42-/m1/s1. The zero-order valence-corrected chi connectivity index (χ0v) is 37.2. The average molecular weight is 891 g/mol. The van der Waals surface area contributed by atoms with E-state index in [1.165, 1.54) is 17.9 Å². The lowest BCUT2D eigenvalue weighted by atomic mass is 9.85. The van der Waals surface area contributed by atoms with Crippen LogP contribution >= 0.6 is 11.3 Å². The number of alkyl carbamates (subject to hydrolysis) is 1. The highest BCUT2D eigenvalue weighted by Gasteiger charge is 2.62. The van der Waals surface area contributed by atoms with Crippen LogP contribution in [0.5, 0.6) is 11.5 Å². The van der Waals surface area contributed by atoms with Crippen molar-refractivity contribution in [3.63, 3.8) is 0 Å². The minimum atomic E-state index is -4.61. The number of methoxy groups -OCH3 is 1. The van der Waals surface area contributed by atoms with E-state index in [2.05, 4.69) is 32.7 Å². The average Bonchev–Trinajstić information content (AvgIpc) is 3.45. The van der Waals surface area contributed by atoms with Gasteiger partial charge in [-0.25, -0.2) is 14.5 Å². The quantitative estimate of drug-likeness (QED) is 0.106. The smallest absolute Gasteiger partial charge is 0.408 e. The molecule has 6 rings (SSSR count). The number of benzene rings is 2. The van der Waals surface area contributed by atoms with Gasteiger partial charge < -0.3 is 35.1 Å². The monoisotopic (exact) mass is 890 g/mol. The van der Waals surface area contributed by atoms with Gasteiger partial charge in [0, 0.05) is 42.3 Å². The second-order valence-electron chi connectivity index (χ2n) is 17.2. The molecule has 4 aromatic rings. The summed E-state index contributed by atoms with van der Waals surface area (Å²) in [6.45, 7) is 15.2. The van der Waals surface area contributed by atoms with Gasteiger partial charge in [-0.2, -0.15) is 8.42 Å². The van der Waals surface area contributed by atoms with E-state index in [0.717, 1.165) is 5.56 Å². The zero-order chi connectivity index (χ0) is 45.4. The predicted octanol–water partition coefficient (Wildman–Crippen LogP) is 4.57. The number of hydrogen-bond acceptors (Lipinski definition) is 14. The first-order valence-corrected chi connectivity index (χ1v) is 22.0. The van der Waals surface area contributed by atoms with Crippen molar-refractivity contribution < 1.29 is 46.6 Å². The van der Waals surface area contributed by atoms with Crippen molar-refractivity contribution in [1.29, 1.82) is 0 Å². The first-order chi connectivity index (χ1) is 29.0. The molecule has 1 aliphatic heterocycles. The largest absolute Gasteiger partial charge is 0.497 e. The maximum absolute atomic E-state index is 14.8. The molecule has 4 N–H and O–H groups in total. The number of hydrogen-bond donors (Lipinski definition) is 4. The maximum atomic E-state index is 14.8. The number of likely N-dealkylation sites (tertiary alicyclic amines) is 1. The van der Waals surface area contributed by atoms with Crippen LogP contribution in [-0.4, -0.2) is 101 Å².